The third-order valence-corrected chi connectivity index (χ3v) is 3.25. The molecule has 19 heavy (non-hydrogen) atoms. The lowest BCUT2D eigenvalue weighted by Crippen LogP contribution is -2.21. The molecular formula is C14H14N4O. The van der Waals surface area contributed by atoms with Crippen LogP contribution in [0.5, 0.6) is 0 Å². The van der Waals surface area contributed by atoms with Crippen molar-refractivity contribution >= 4 is 5.65 Å². The molecule has 96 valence electrons. The van der Waals surface area contributed by atoms with Gasteiger partial charge in [0.25, 0.3) is 0 Å². The van der Waals surface area contributed by atoms with Crippen LogP contribution >= 0.6 is 0 Å². The van der Waals surface area contributed by atoms with Gasteiger partial charge >= 0.3 is 5.56 Å². The molecule has 0 spiro atoms. The summed E-state index contributed by atoms with van der Waals surface area (Å²) in [4.78, 5) is 12.4. The van der Waals surface area contributed by atoms with E-state index in [1.807, 2.05) is 39.1 Å². The molecule has 0 N–H and O–H groups in total. The highest BCUT2D eigenvalue weighted by atomic mass is 16.1. The maximum absolute atomic E-state index is 12.4. The van der Waals surface area contributed by atoms with Crippen molar-refractivity contribution in [2.24, 2.45) is 0 Å². The molecule has 2 aromatic heterocycles. The van der Waals surface area contributed by atoms with E-state index in [-0.39, 0.29) is 5.56 Å². The average molecular weight is 254 g/mol. The zero-order valence-electron chi connectivity index (χ0n) is 11.1. The van der Waals surface area contributed by atoms with Gasteiger partial charge < -0.3 is 0 Å². The molecule has 2 heterocycles. The van der Waals surface area contributed by atoms with Crippen molar-refractivity contribution < 1.29 is 0 Å². The smallest absolute Gasteiger partial charge is 0.281 e. The monoisotopic (exact) mass is 254 g/mol. The lowest BCUT2D eigenvalue weighted by molar-refractivity contribution is 0.929. The van der Waals surface area contributed by atoms with E-state index in [0.717, 1.165) is 11.3 Å². The second-order valence-electron chi connectivity index (χ2n) is 4.70. The summed E-state index contributed by atoms with van der Waals surface area (Å²) >= 11 is 0. The predicted octanol–water partition coefficient (Wildman–Crippen LogP) is 1.81. The Hall–Kier alpha value is -2.43. The summed E-state index contributed by atoms with van der Waals surface area (Å²) in [5, 5.41) is 7.86. The molecule has 3 aromatic rings. The molecule has 5 heteroatoms. The Morgan fingerprint density at radius 2 is 1.84 bits per heavy atom. The number of aromatic nitrogens is 4. The lowest BCUT2D eigenvalue weighted by atomic mass is 10.1. The standard InChI is InChI=1S/C14H14N4O/c1-9-4-5-12(10(2)8-9)18-7-6-17-11(3)15-16-13(17)14(18)19/h4-8H,1-3H3. The van der Waals surface area contributed by atoms with E-state index in [9.17, 15) is 4.79 Å². The maximum Gasteiger partial charge on any atom is 0.300 e. The molecule has 0 amide bonds. The van der Waals surface area contributed by atoms with Gasteiger partial charge in [-0.1, -0.05) is 17.7 Å². The Balaban J connectivity index is 2.31. The Kier molecular flexibility index (Phi) is 2.48. The fraction of sp³-hybridized carbons (Fsp3) is 0.214. The maximum atomic E-state index is 12.4. The SMILES string of the molecule is Cc1ccc(-n2ccn3c(C)nnc3c2=O)c(C)c1. The van der Waals surface area contributed by atoms with Gasteiger partial charge in [-0.15, -0.1) is 10.2 Å². The van der Waals surface area contributed by atoms with Gasteiger partial charge in [-0.25, -0.2) is 0 Å². The molecule has 0 unspecified atom stereocenters. The Morgan fingerprint density at radius 3 is 2.58 bits per heavy atom. The van der Waals surface area contributed by atoms with E-state index < -0.39 is 0 Å². The second-order valence-corrected chi connectivity index (χ2v) is 4.70. The topological polar surface area (TPSA) is 52.2 Å². The van der Waals surface area contributed by atoms with Crippen molar-refractivity contribution in [3.63, 3.8) is 0 Å². The third-order valence-electron chi connectivity index (χ3n) is 3.25. The summed E-state index contributed by atoms with van der Waals surface area (Å²) in [6, 6.07) is 6.00. The summed E-state index contributed by atoms with van der Waals surface area (Å²) in [7, 11) is 0. The van der Waals surface area contributed by atoms with E-state index in [1.165, 1.54) is 5.56 Å². The van der Waals surface area contributed by atoms with Crippen molar-refractivity contribution in [2.75, 3.05) is 0 Å². The van der Waals surface area contributed by atoms with Gasteiger partial charge in [0.1, 0.15) is 5.82 Å². The van der Waals surface area contributed by atoms with Crippen molar-refractivity contribution in [3.05, 3.63) is 57.9 Å². The summed E-state index contributed by atoms with van der Waals surface area (Å²) in [5.41, 5.74) is 3.30. The fourth-order valence-electron chi connectivity index (χ4n) is 2.27. The van der Waals surface area contributed by atoms with Crippen LogP contribution in [-0.2, 0) is 0 Å². The van der Waals surface area contributed by atoms with Crippen LogP contribution in [0.4, 0.5) is 0 Å². The first-order valence-electron chi connectivity index (χ1n) is 6.08. The largest absolute Gasteiger partial charge is 0.300 e. The number of nitrogens with zero attached hydrogens (tertiary/aromatic N) is 4. The van der Waals surface area contributed by atoms with Crippen LogP contribution in [0.25, 0.3) is 11.3 Å². The predicted molar refractivity (Wildman–Crippen MR) is 72.8 cm³/mol. The average Bonchev–Trinajstić information content (AvgIpc) is 2.74. The van der Waals surface area contributed by atoms with Gasteiger partial charge in [0, 0.05) is 12.4 Å². The zero-order valence-corrected chi connectivity index (χ0v) is 11.1. The Labute approximate surface area is 110 Å². The number of hydrogen-bond acceptors (Lipinski definition) is 3. The highest BCUT2D eigenvalue weighted by Gasteiger charge is 2.10. The van der Waals surface area contributed by atoms with E-state index >= 15 is 0 Å². The van der Waals surface area contributed by atoms with Crippen molar-refractivity contribution in [3.8, 4) is 5.69 Å². The lowest BCUT2D eigenvalue weighted by Gasteiger charge is -2.10. The quantitative estimate of drug-likeness (QED) is 0.665. The fourth-order valence-corrected chi connectivity index (χ4v) is 2.27. The number of rotatable bonds is 1. The van der Waals surface area contributed by atoms with Gasteiger partial charge in [0.2, 0.25) is 5.65 Å². The first-order valence-corrected chi connectivity index (χ1v) is 6.08. The molecule has 0 aliphatic carbocycles. The molecule has 0 radical (unpaired) electrons. The second kappa shape index (κ2) is 4.05. The molecule has 0 aliphatic rings. The van der Waals surface area contributed by atoms with Crippen LogP contribution in [0.3, 0.4) is 0 Å². The van der Waals surface area contributed by atoms with Gasteiger partial charge in [-0.2, -0.15) is 0 Å². The van der Waals surface area contributed by atoms with Crippen molar-refractivity contribution in [2.45, 2.75) is 20.8 Å². The molecule has 0 bridgehead atoms. The van der Waals surface area contributed by atoms with E-state index in [4.69, 9.17) is 0 Å². The first kappa shape index (κ1) is 11.6. The van der Waals surface area contributed by atoms with Crippen molar-refractivity contribution in [1.82, 2.24) is 19.2 Å². The van der Waals surface area contributed by atoms with Crippen LogP contribution in [-0.4, -0.2) is 19.2 Å². The van der Waals surface area contributed by atoms with Gasteiger partial charge in [0.15, 0.2) is 0 Å². The molecule has 0 saturated heterocycles. The summed E-state index contributed by atoms with van der Waals surface area (Å²) in [5.74, 6) is 0.708. The van der Waals surface area contributed by atoms with Crippen LogP contribution in [0, 0.1) is 20.8 Å². The molecule has 0 fully saturated rings. The number of fused-ring (bicyclic) bond motifs is 1. The summed E-state index contributed by atoms with van der Waals surface area (Å²) < 4.78 is 3.31. The van der Waals surface area contributed by atoms with E-state index in [1.54, 1.807) is 15.2 Å². The summed E-state index contributed by atoms with van der Waals surface area (Å²) in [6.45, 7) is 5.85. The normalized spacial score (nSPS) is 11.1. The highest BCUT2D eigenvalue weighted by molar-refractivity contribution is 5.46. The minimum absolute atomic E-state index is 0.157. The van der Waals surface area contributed by atoms with E-state index in [2.05, 4.69) is 16.3 Å². The minimum atomic E-state index is -0.157. The first-order chi connectivity index (χ1) is 9.08. The molecule has 0 saturated carbocycles. The van der Waals surface area contributed by atoms with E-state index in [0.29, 0.717) is 11.5 Å². The summed E-state index contributed by atoms with van der Waals surface area (Å²) in [6.07, 6.45) is 3.56. The van der Waals surface area contributed by atoms with Gasteiger partial charge in [-0.05, 0) is 32.4 Å². The van der Waals surface area contributed by atoms with Crippen LogP contribution in [0.2, 0.25) is 0 Å². The number of aryl methyl sites for hydroxylation is 3. The Morgan fingerprint density at radius 1 is 1.05 bits per heavy atom. The van der Waals surface area contributed by atoms with Crippen molar-refractivity contribution in [1.29, 1.82) is 0 Å². The van der Waals surface area contributed by atoms with Gasteiger partial charge in [0.05, 0.1) is 5.69 Å². The third kappa shape index (κ3) is 1.74. The minimum Gasteiger partial charge on any atom is -0.281 e. The van der Waals surface area contributed by atoms with Crippen LogP contribution in [0.15, 0.2) is 35.4 Å². The van der Waals surface area contributed by atoms with Gasteiger partial charge in [-0.3, -0.25) is 13.8 Å². The number of hydrogen-bond donors (Lipinski definition) is 0. The molecule has 3 rings (SSSR count). The molecule has 0 atom stereocenters. The molecule has 5 nitrogen and oxygen atoms in total. The highest BCUT2D eigenvalue weighted by Crippen LogP contribution is 2.14. The molecule has 0 aliphatic heterocycles. The zero-order chi connectivity index (χ0) is 13.6. The molecular weight excluding hydrogens is 240 g/mol. The van der Waals surface area contributed by atoms with Crippen LogP contribution in [0.1, 0.15) is 17.0 Å². The number of benzene rings is 1. The Bertz CT molecular complexity index is 829. The molecule has 1 aromatic carbocycles. The van der Waals surface area contributed by atoms with Crippen LogP contribution < -0.4 is 5.56 Å².